The highest BCUT2D eigenvalue weighted by molar-refractivity contribution is 6.32. The minimum atomic E-state index is -2.69. The number of halogens is 4. The second-order valence-corrected chi connectivity index (χ2v) is 5.54. The van der Waals surface area contributed by atoms with Crippen molar-refractivity contribution in [3.8, 4) is 5.75 Å². The van der Waals surface area contributed by atoms with Crippen molar-refractivity contribution < 1.29 is 27.8 Å². The first-order valence-electron chi connectivity index (χ1n) is 6.45. The number of hydrogen-bond donors (Lipinski definition) is 0. The lowest BCUT2D eigenvalue weighted by atomic mass is 9.94. The van der Waals surface area contributed by atoms with Gasteiger partial charge >= 0.3 is 0 Å². The van der Waals surface area contributed by atoms with E-state index in [-0.39, 0.29) is 31.4 Å². The van der Waals surface area contributed by atoms with Gasteiger partial charge in [0.2, 0.25) is 5.92 Å². The number of carbonyl (C=O) groups is 1. The van der Waals surface area contributed by atoms with Gasteiger partial charge in [-0.3, -0.25) is 0 Å². The Balaban J connectivity index is 2.22. The molecule has 0 radical (unpaired) electrons. The van der Waals surface area contributed by atoms with Gasteiger partial charge in [0.15, 0.2) is 5.82 Å². The number of rotatable bonds is 3. The van der Waals surface area contributed by atoms with Gasteiger partial charge in [0.25, 0.3) is 0 Å². The molecule has 3 nitrogen and oxygen atoms in total. The number of aromatic carboxylic acids is 1. The van der Waals surface area contributed by atoms with Crippen LogP contribution in [0.2, 0.25) is 5.02 Å². The van der Waals surface area contributed by atoms with Gasteiger partial charge in [-0.1, -0.05) is 11.6 Å². The van der Waals surface area contributed by atoms with Crippen LogP contribution >= 0.6 is 11.6 Å². The molecule has 2 rings (SSSR count). The number of ether oxygens (including phenoxy) is 1. The lowest BCUT2D eigenvalue weighted by molar-refractivity contribution is -0.255. The Kier molecular flexibility index (Phi) is 4.37. The molecule has 116 valence electrons. The van der Waals surface area contributed by atoms with E-state index in [2.05, 4.69) is 0 Å². The monoisotopic (exact) mass is 321 g/mol. The van der Waals surface area contributed by atoms with Crippen molar-refractivity contribution in [2.75, 3.05) is 0 Å². The fourth-order valence-electron chi connectivity index (χ4n) is 2.33. The second kappa shape index (κ2) is 5.75. The molecule has 0 bridgehead atoms. The molecule has 1 saturated carbocycles. The van der Waals surface area contributed by atoms with Crippen LogP contribution in [0.3, 0.4) is 0 Å². The number of carboxylic acid groups (broad SMARTS) is 1. The van der Waals surface area contributed by atoms with Crippen LogP contribution in [0.1, 0.15) is 41.6 Å². The fraction of sp³-hybridized carbons (Fsp3) is 0.500. The Morgan fingerprint density at radius 3 is 2.52 bits per heavy atom. The molecule has 0 saturated heterocycles. The Morgan fingerprint density at radius 1 is 1.43 bits per heavy atom. The molecule has 7 heteroatoms. The molecular weight excluding hydrogens is 309 g/mol. The standard InChI is InChI=1S/C14H14ClF3O3/c1-7-6-9(13(19)20)11(16)10(15)12(7)21-8-2-4-14(17,18)5-3-8/h6,8H,2-5H2,1H3,(H,19,20)/p-1. The van der Waals surface area contributed by atoms with Crippen molar-refractivity contribution in [2.45, 2.75) is 44.6 Å². The zero-order valence-electron chi connectivity index (χ0n) is 11.2. The highest BCUT2D eigenvalue weighted by Crippen LogP contribution is 2.38. The van der Waals surface area contributed by atoms with Crippen molar-refractivity contribution in [3.05, 3.63) is 28.0 Å². The number of benzene rings is 1. The van der Waals surface area contributed by atoms with Crippen LogP contribution in [-0.2, 0) is 0 Å². The van der Waals surface area contributed by atoms with E-state index in [1.54, 1.807) is 0 Å². The third-order valence-corrected chi connectivity index (χ3v) is 3.85. The van der Waals surface area contributed by atoms with E-state index in [0.717, 1.165) is 6.07 Å². The van der Waals surface area contributed by atoms with E-state index in [1.807, 2.05) is 0 Å². The summed E-state index contributed by atoms with van der Waals surface area (Å²) in [6, 6.07) is 1.06. The normalized spacial score (nSPS) is 18.5. The van der Waals surface area contributed by atoms with Crippen LogP contribution in [0.15, 0.2) is 6.07 Å². The van der Waals surface area contributed by atoms with Crippen molar-refractivity contribution in [1.82, 2.24) is 0 Å². The van der Waals surface area contributed by atoms with Crippen LogP contribution in [0.25, 0.3) is 0 Å². The molecule has 0 unspecified atom stereocenters. The van der Waals surface area contributed by atoms with Gasteiger partial charge in [-0.25, -0.2) is 13.2 Å². The molecule has 1 aromatic rings. The zero-order valence-corrected chi connectivity index (χ0v) is 12.0. The molecular formula is C14H13ClF3O3-. The molecule has 1 aliphatic rings. The smallest absolute Gasteiger partial charge is 0.248 e. The fourth-order valence-corrected chi connectivity index (χ4v) is 2.62. The van der Waals surface area contributed by atoms with Gasteiger partial charge in [0.05, 0.1) is 12.1 Å². The van der Waals surface area contributed by atoms with Gasteiger partial charge < -0.3 is 14.6 Å². The van der Waals surface area contributed by atoms with E-state index < -0.39 is 34.4 Å². The van der Waals surface area contributed by atoms with Crippen molar-refractivity contribution >= 4 is 17.6 Å². The van der Waals surface area contributed by atoms with Crippen LogP contribution < -0.4 is 9.84 Å². The quantitative estimate of drug-likeness (QED) is 0.859. The maximum atomic E-state index is 13.8. The van der Waals surface area contributed by atoms with Gasteiger partial charge in [-0.05, 0) is 31.4 Å². The molecule has 1 fully saturated rings. The summed E-state index contributed by atoms with van der Waals surface area (Å²) >= 11 is 5.78. The van der Waals surface area contributed by atoms with Crippen LogP contribution in [0.5, 0.6) is 5.75 Å². The molecule has 0 spiro atoms. The molecule has 0 amide bonds. The molecule has 0 atom stereocenters. The Labute approximate surface area is 124 Å². The Bertz CT molecular complexity index is 565. The van der Waals surface area contributed by atoms with Crippen LogP contribution in [-0.4, -0.2) is 18.0 Å². The predicted octanol–water partition coefficient (Wildman–Crippen LogP) is 3.11. The SMILES string of the molecule is Cc1cc(C(=O)[O-])c(F)c(Cl)c1OC1CCC(F)(F)CC1. The Morgan fingerprint density at radius 2 is 2.00 bits per heavy atom. The number of aryl methyl sites for hydroxylation is 1. The maximum Gasteiger partial charge on any atom is 0.248 e. The molecule has 21 heavy (non-hydrogen) atoms. The Hall–Kier alpha value is -1.43. The maximum absolute atomic E-state index is 13.8. The van der Waals surface area contributed by atoms with Crippen molar-refractivity contribution in [2.24, 2.45) is 0 Å². The van der Waals surface area contributed by atoms with E-state index >= 15 is 0 Å². The summed E-state index contributed by atoms with van der Waals surface area (Å²) in [7, 11) is 0. The highest BCUT2D eigenvalue weighted by atomic mass is 35.5. The summed E-state index contributed by atoms with van der Waals surface area (Å²) in [5.41, 5.74) is -0.335. The van der Waals surface area contributed by atoms with E-state index in [1.165, 1.54) is 6.92 Å². The third-order valence-electron chi connectivity index (χ3n) is 3.52. The molecule has 1 aromatic carbocycles. The summed E-state index contributed by atoms with van der Waals surface area (Å²) in [5, 5.41) is 10.3. The summed E-state index contributed by atoms with van der Waals surface area (Å²) in [4.78, 5) is 10.8. The number of alkyl halides is 2. The largest absolute Gasteiger partial charge is 0.545 e. The van der Waals surface area contributed by atoms with Gasteiger partial charge in [-0.15, -0.1) is 0 Å². The van der Waals surface area contributed by atoms with Gasteiger partial charge in [-0.2, -0.15) is 0 Å². The molecule has 0 aliphatic heterocycles. The predicted molar refractivity (Wildman–Crippen MR) is 68.3 cm³/mol. The summed E-state index contributed by atoms with van der Waals surface area (Å²) in [5.74, 6) is -5.52. The first-order valence-corrected chi connectivity index (χ1v) is 6.83. The minimum Gasteiger partial charge on any atom is -0.545 e. The zero-order chi connectivity index (χ0) is 15.8. The van der Waals surface area contributed by atoms with Gasteiger partial charge in [0, 0.05) is 18.4 Å². The first-order chi connectivity index (χ1) is 9.71. The number of carboxylic acids is 1. The molecule has 0 aromatic heterocycles. The minimum absolute atomic E-state index is 0.00520. The average molecular weight is 322 g/mol. The van der Waals surface area contributed by atoms with Crippen LogP contribution in [0.4, 0.5) is 13.2 Å². The highest BCUT2D eigenvalue weighted by Gasteiger charge is 2.36. The summed E-state index contributed by atoms with van der Waals surface area (Å²) in [6.45, 7) is 1.50. The van der Waals surface area contributed by atoms with E-state index in [9.17, 15) is 23.1 Å². The van der Waals surface area contributed by atoms with Crippen molar-refractivity contribution in [1.29, 1.82) is 0 Å². The van der Waals surface area contributed by atoms with Gasteiger partial charge in [0.1, 0.15) is 10.8 Å². The lowest BCUT2D eigenvalue weighted by Gasteiger charge is -2.29. The number of carbonyl (C=O) groups excluding carboxylic acids is 1. The van der Waals surface area contributed by atoms with E-state index in [4.69, 9.17) is 16.3 Å². The summed E-state index contributed by atoms with van der Waals surface area (Å²) in [6.07, 6.45) is -0.824. The lowest BCUT2D eigenvalue weighted by Crippen LogP contribution is -2.31. The second-order valence-electron chi connectivity index (χ2n) is 5.16. The summed E-state index contributed by atoms with van der Waals surface area (Å²) < 4.78 is 45.5. The molecule has 1 aliphatic carbocycles. The first kappa shape index (κ1) is 15.9. The van der Waals surface area contributed by atoms with Crippen LogP contribution in [0, 0.1) is 12.7 Å². The van der Waals surface area contributed by atoms with Crippen molar-refractivity contribution in [3.63, 3.8) is 0 Å². The molecule has 0 N–H and O–H groups in total. The van der Waals surface area contributed by atoms with E-state index in [0.29, 0.717) is 5.56 Å². The molecule has 0 heterocycles. The topological polar surface area (TPSA) is 49.4 Å². The number of hydrogen-bond acceptors (Lipinski definition) is 3. The average Bonchev–Trinajstić information content (AvgIpc) is 2.40. The third kappa shape index (κ3) is 3.43.